The van der Waals surface area contributed by atoms with Crippen molar-refractivity contribution in [2.45, 2.75) is 0 Å². The van der Waals surface area contributed by atoms with Crippen LogP contribution in [-0.4, -0.2) is 18.4 Å². The van der Waals surface area contributed by atoms with Crippen molar-refractivity contribution < 1.29 is 0 Å². The van der Waals surface area contributed by atoms with Gasteiger partial charge in [0.15, 0.2) is 0 Å². The Balaban J connectivity index is 0.804. The summed E-state index contributed by atoms with van der Waals surface area (Å²) in [4.78, 5) is 0. The van der Waals surface area contributed by atoms with Crippen molar-refractivity contribution in [1.82, 2.24) is 0 Å². The molecule has 0 radical (unpaired) electrons. The van der Waals surface area contributed by atoms with E-state index in [0.29, 0.717) is 0 Å². The molecule has 0 nitrogen and oxygen atoms in total. The van der Waals surface area contributed by atoms with Gasteiger partial charge in [0.25, 0.3) is 0 Å². The van der Waals surface area contributed by atoms with E-state index in [1.807, 2.05) is 0 Å². The van der Waals surface area contributed by atoms with Gasteiger partial charge in [-0.1, -0.05) is 72.8 Å². The van der Waals surface area contributed by atoms with E-state index >= 15 is 0 Å². The van der Waals surface area contributed by atoms with Crippen LogP contribution < -0.4 is 14.3 Å². The van der Waals surface area contributed by atoms with Gasteiger partial charge in [-0.05, 0) is 0 Å². The Morgan fingerprint density at radius 1 is 0.132 bits per heavy atom. The van der Waals surface area contributed by atoms with Crippen LogP contribution >= 0.6 is 0 Å². The molecule has 20 aromatic rings. The van der Waals surface area contributed by atoms with Crippen molar-refractivity contribution in [3.63, 3.8) is 0 Å². The van der Waals surface area contributed by atoms with E-state index in [1.165, 1.54) is 102 Å². The van der Waals surface area contributed by atoms with Crippen molar-refractivity contribution in [1.29, 1.82) is 0 Å². The first-order chi connectivity index (χ1) is 59.9. The number of fused-ring (bicyclic) bond motifs is 4. The molecule has 20 aromatic carbocycles. The van der Waals surface area contributed by atoms with Gasteiger partial charge in [0.2, 0.25) is 0 Å². The SMILES string of the molecule is C(=C(c1cc[c]([Sn]([c]2ccc(C(=Cc3ccc(-c4ccccc4)cc3)c3ccc4ccccc4c3)cc2)([c]2ccc(C(=Cc3ccc(-c4ccccc4)cc3)c3ccc4ccccc4c3)cc2)[c]2ccc(C(=Cc3ccc(-c4ccccc4)cc3)c3ccc4ccccc4c3)cc2)cc1)c1ccc2ccccc2c1)c1ccc(-c2ccccc2)cc1. The topological polar surface area (TPSA) is 0 Å². The van der Waals surface area contributed by atoms with Crippen molar-refractivity contribution in [3.05, 3.63) is 552 Å². The Hall–Kier alpha value is -14.8. The third-order valence-corrected chi connectivity index (χ3v) is 37.8. The third kappa shape index (κ3) is 15.9. The quantitative estimate of drug-likeness (QED) is 0.0527. The van der Waals surface area contributed by atoms with E-state index < -0.39 is 18.4 Å². The molecule has 0 heterocycles. The summed E-state index contributed by atoms with van der Waals surface area (Å²) in [6.45, 7) is 0. The minimum absolute atomic E-state index is 1.13. The molecule has 0 aliphatic heterocycles. The average Bonchev–Trinajstić information content (AvgIpc) is 0.724. The number of hydrogen-bond donors (Lipinski definition) is 0. The van der Waals surface area contributed by atoms with Gasteiger partial charge < -0.3 is 0 Å². The van der Waals surface area contributed by atoms with Crippen molar-refractivity contribution in [3.8, 4) is 44.5 Å². The number of hydrogen-bond acceptors (Lipinski definition) is 0. The Labute approximate surface area is 713 Å². The maximum absolute atomic E-state index is 4.84. The first kappa shape index (κ1) is 75.0. The van der Waals surface area contributed by atoms with E-state index in [-0.39, 0.29) is 0 Å². The van der Waals surface area contributed by atoms with Gasteiger partial charge >= 0.3 is 646 Å². The van der Waals surface area contributed by atoms with Crippen molar-refractivity contribution in [2.24, 2.45) is 0 Å². The summed E-state index contributed by atoms with van der Waals surface area (Å²) in [5.41, 5.74) is 27.8. The Bertz CT molecular complexity index is 6340. The van der Waals surface area contributed by atoms with E-state index in [1.54, 1.807) is 0 Å². The van der Waals surface area contributed by atoms with Gasteiger partial charge in [-0.15, -0.1) is 0 Å². The van der Waals surface area contributed by atoms with Gasteiger partial charge in [0, 0.05) is 0 Å². The van der Waals surface area contributed by atoms with Gasteiger partial charge in [-0.3, -0.25) is 0 Å². The van der Waals surface area contributed by atoms with Gasteiger partial charge in [0.05, 0.1) is 0 Å². The molecule has 121 heavy (non-hydrogen) atoms. The summed E-state index contributed by atoms with van der Waals surface area (Å²) >= 11 is -4.84. The second-order valence-electron chi connectivity index (χ2n) is 31.5. The predicted octanol–water partition coefficient (Wildman–Crippen LogP) is 28.7. The van der Waals surface area contributed by atoms with Gasteiger partial charge in [-0.2, -0.15) is 0 Å². The fourth-order valence-corrected chi connectivity index (χ4v) is 31.0. The van der Waals surface area contributed by atoms with Gasteiger partial charge in [-0.25, -0.2) is 0 Å². The predicted molar refractivity (Wildman–Crippen MR) is 521 cm³/mol. The molecule has 0 amide bonds. The van der Waals surface area contributed by atoms with E-state index in [9.17, 15) is 0 Å². The van der Waals surface area contributed by atoms with Crippen LogP contribution in [0.15, 0.2) is 485 Å². The van der Waals surface area contributed by atoms with Crippen molar-refractivity contribution >= 4 is 122 Å². The molecular weight excluding hydrogens is 1560 g/mol. The van der Waals surface area contributed by atoms with Gasteiger partial charge in [0.1, 0.15) is 0 Å². The summed E-state index contributed by atoms with van der Waals surface area (Å²) in [6.07, 6.45) is 9.54. The molecule has 0 unspecified atom stereocenters. The number of rotatable bonds is 20. The second kappa shape index (κ2) is 34.0. The molecule has 0 N–H and O–H groups in total. The summed E-state index contributed by atoms with van der Waals surface area (Å²) in [5, 5.41) is 9.64. The van der Waals surface area contributed by atoms with Crippen LogP contribution in [0.4, 0.5) is 0 Å². The van der Waals surface area contributed by atoms with Crippen LogP contribution in [0, 0.1) is 0 Å². The summed E-state index contributed by atoms with van der Waals surface area (Å²) in [5.74, 6) is 0. The molecule has 0 atom stereocenters. The molecule has 0 fully saturated rings. The molecule has 0 aliphatic rings. The molecule has 20 rings (SSSR count). The first-order valence-electron chi connectivity index (χ1n) is 41.8. The zero-order chi connectivity index (χ0) is 80.7. The second-order valence-corrected chi connectivity index (χ2v) is 42.4. The van der Waals surface area contributed by atoms with Crippen LogP contribution in [0.1, 0.15) is 66.8 Å². The maximum atomic E-state index is 2.51. The molecule has 0 bridgehead atoms. The fourth-order valence-electron chi connectivity index (χ4n) is 17.6. The average molecular weight is 1640 g/mol. The van der Waals surface area contributed by atoms with E-state index in [2.05, 4.69) is 510 Å². The van der Waals surface area contributed by atoms with Crippen LogP contribution in [0.3, 0.4) is 0 Å². The summed E-state index contributed by atoms with van der Waals surface area (Å²) in [7, 11) is 0. The zero-order valence-electron chi connectivity index (χ0n) is 67.0. The van der Waals surface area contributed by atoms with Crippen LogP contribution in [0.25, 0.3) is 134 Å². The minimum atomic E-state index is -4.84. The van der Waals surface area contributed by atoms with Crippen LogP contribution in [0.5, 0.6) is 0 Å². The van der Waals surface area contributed by atoms with Crippen LogP contribution in [0.2, 0.25) is 0 Å². The molecular formula is C120H84Sn. The molecule has 0 spiro atoms. The first-order valence-corrected chi connectivity index (χ1v) is 47.5. The molecule has 1 heteroatoms. The van der Waals surface area contributed by atoms with Crippen LogP contribution in [-0.2, 0) is 0 Å². The molecule has 568 valence electrons. The molecule has 0 saturated heterocycles. The third-order valence-electron chi connectivity index (χ3n) is 24.1. The Morgan fingerprint density at radius 3 is 0.496 bits per heavy atom. The fraction of sp³-hybridized carbons (Fsp3) is 0. The summed E-state index contributed by atoms with van der Waals surface area (Å²) in [6, 6.07) is 181. The Morgan fingerprint density at radius 2 is 0.298 bits per heavy atom. The standard InChI is InChI=1S/4C30H21.Sn/c4*1-3-9-24(10-4-1)26-17-15-23(16-18-26)21-30(27-12-5-2-6-13-27)29-20-19-25-11-7-8-14-28(25)22-29;/h4*1,3-22H;. The Kier molecular flexibility index (Phi) is 21.1. The van der Waals surface area contributed by atoms with Crippen molar-refractivity contribution in [2.75, 3.05) is 0 Å². The molecule has 0 aliphatic carbocycles. The normalized spacial score (nSPS) is 12.6. The monoisotopic (exact) mass is 1640 g/mol. The molecule has 0 aromatic heterocycles. The number of benzene rings is 20. The molecule has 0 saturated carbocycles. The van der Waals surface area contributed by atoms with E-state index in [4.69, 9.17) is 0 Å². The summed E-state index contributed by atoms with van der Waals surface area (Å²) < 4.78 is 5.31. The van der Waals surface area contributed by atoms with E-state index in [0.717, 1.165) is 89.1 Å². The zero-order valence-corrected chi connectivity index (χ0v) is 69.9.